The third kappa shape index (κ3) is 12.2. The lowest BCUT2D eigenvalue weighted by Gasteiger charge is -2.15. The Morgan fingerprint density at radius 1 is 1.21 bits per heavy atom. The first-order valence-corrected chi connectivity index (χ1v) is 7.65. The van der Waals surface area contributed by atoms with Crippen LogP contribution in [0.4, 0.5) is 0 Å². The molecule has 4 heteroatoms. The highest BCUT2D eigenvalue weighted by Crippen LogP contribution is 2.08. The predicted octanol–water partition coefficient (Wildman–Crippen LogP) is 2.43. The molecule has 0 aromatic heterocycles. The first-order chi connectivity index (χ1) is 9.10. The molecule has 0 rings (SSSR count). The summed E-state index contributed by atoms with van der Waals surface area (Å²) in [5, 5.41) is 3.35. The van der Waals surface area contributed by atoms with Crippen molar-refractivity contribution in [2.45, 2.75) is 58.5 Å². The van der Waals surface area contributed by atoms with Crippen LogP contribution in [0.2, 0.25) is 0 Å². The number of nitrogens with one attached hydrogen (secondary N) is 1. The molecule has 1 unspecified atom stereocenters. The van der Waals surface area contributed by atoms with Gasteiger partial charge in [-0.25, -0.2) is 0 Å². The fourth-order valence-electron chi connectivity index (χ4n) is 1.92. The van der Waals surface area contributed by atoms with E-state index in [2.05, 4.69) is 38.2 Å². The van der Waals surface area contributed by atoms with Gasteiger partial charge in [0.05, 0.1) is 0 Å². The molecule has 4 nitrogen and oxygen atoms in total. The summed E-state index contributed by atoms with van der Waals surface area (Å²) in [4.78, 5) is 13.8. The van der Waals surface area contributed by atoms with Crippen LogP contribution in [0.25, 0.3) is 0 Å². The van der Waals surface area contributed by atoms with Crippen molar-refractivity contribution in [3.8, 4) is 0 Å². The van der Waals surface area contributed by atoms with Crippen LogP contribution in [0, 0.1) is 0 Å². The SMILES string of the molecule is CCCC(CC)OC(=O)CCCNCCCN(C)C. The molecule has 0 heterocycles. The Labute approximate surface area is 118 Å². The highest BCUT2D eigenvalue weighted by atomic mass is 16.5. The quantitative estimate of drug-likeness (QED) is 0.438. The van der Waals surface area contributed by atoms with Gasteiger partial charge in [0.25, 0.3) is 0 Å². The molecule has 1 atom stereocenters. The van der Waals surface area contributed by atoms with Crippen LogP contribution < -0.4 is 5.32 Å². The summed E-state index contributed by atoms with van der Waals surface area (Å²) in [5.74, 6) is -0.0459. The molecule has 0 aliphatic carbocycles. The largest absolute Gasteiger partial charge is 0.462 e. The van der Waals surface area contributed by atoms with Gasteiger partial charge < -0.3 is 15.0 Å². The zero-order valence-electron chi connectivity index (χ0n) is 13.2. The normalized spacial score (nSPS) is 12.7. The first kappa shape index (κ1) is 18.4. The number of hydrogen-bond acceptors (Lipinski definition) is 4. The fraction of sp³-hybridized carbons (Fsp3) is 0.933. The Morgan fingerprint density at radius 3 is 2.47 bits per heavy atom. The predicted molar refractivity (Wildman–Crippen MR) is 80.4 cm³/mol. The lowest BCUT2D eigenvalue weighted by molar-refractivity contribution is -0.149. The standard InChI is InChI=1S/C15H32N2O2/c1-5-9-14(6-2)19-15(18)10-7-11-16-12-8-13-17(3)4/h14,16H,5-13H2,1-4H3. The minimum atomic E-state index is -0.0459. The molecule has 1 N–H and O–H groups in total. The van der Waals surface area contributed by atoms with E-state index in [1.54, 1.807) is 0 Å². The van der Waals surface area contributed by atoms with Crippen LogP contribution in [0.15, 0.2) is 0 Å². The maximum atomic E-state index is 11.6. The van der Waals surface area contributed by atoms with Gasteiger partial charge in [-0.2, -0.15) is 0 Å². The minimum Gasteiger partial charge on any atom is -0.462 e. The van der Waals surface area contributed by atoms with E-state index >= 15 is 0 Å². The zero-order valence-corrected chi connectivity index (χ0v) is 13.2. The van der Waals surface area contributed by atoms with Gasteiger partial charge in [0.15, 0.2) is 0 Å². The molecule has 0 aliphatic rings. The third-order valence-corrected chi connectivity index (χ3v) is 3.06. The Kier molecular flexibility index (Phi) is 12.0. The molecule has 0 radical (unpaired) electrons. The van der Waals surface area contributed by atoms with E-state index in [1.807, 2.05) is 0 Å². The van der Waals surface area contributed by atoms with E-state index in [-0.39, 0.29) is 12.1 Å². The summed E-state index contributed by atoms with van der Waals surface area (Å²) in [7, 11) is 4.16. The molecule has 0 saturated heterocycles. The second-order valence-corrected chi connectivity index (χ2v) is 5.32. The van der Waals surface area contributed by atoms with Crippen molar-refractivity contribution in [3.63, 3.8) is 0 Å². The number of carbonyl (C=O) groups is 1. The topological polar surface area (TPSA) is 41.6 Å². The van der Waals surface area contributed by atoms with Gasteiger partial charge in [0.1, 0.15) is 6.10 Å². The molecule has 19 heavy (non-hydrogen) atoms. The molecule has 0 aromatic carbocycles. The Bertz CT molecular complexity index is 220. The summed E-state index contributed by atoms with van der Waals surface area (Å²) in [5.41, 5.74) is 0. The molecule has 0 aliphatic heterocycles. The molecule has 0 amide bonds. The van der Waals surface area contributed by atoms with Gasteiger partial charge in [-0.05, 0) is 59.4 Å². The minimum absolute atomic E-state index is 0.0459. The number of nitrogens with zero attached hydrogens (tertiary/aromatic N) is 1. The maximum absolute atomic E-state index is 11.6. The van der Waals surface area contributed by atoms with Crippen molar-refractivity contribution in [1.29, 1.82) is 0 Å². The van der Waals surface area contributed by atoms with Gasteiger partial charge in [-0.1, -0.05) is 20.3 Å². The van der Waals surface area contributed by atoms with Gasteiger partial charge >= 0.3 is 5.97 Å². The summed E-state index contributed by atoms with van der Waals surface area (Å²) in [6.07, 6.45) is 5.62. The Balaban J connectivity index is 3.42. The van der Waals surface area contributed by atoms with Crippen molar-refractivity contribution < 1.29 is 9.53 Å². The van der Waals surface area contributed by atoms with Crippen molar-refractivity contribution in [3.05, 3.63) is 0 Å². The van der Waals surface area contributed by atoms with Crippen molar-refractivity contribution in [2.75, 3.05) is 33.7 Å². The average molecular weight is 272 g/mol. The monoisotopic (exact) mass is 272 g/mol. The van der Waals surface area contributed by atoms with E-state index in [1.165, 1.54) is 0 Å². The van der Waals surface area contributed by atoms with Crippen LogP contribution in [0.1, 0.15) is 52.4 Å². The van der Waals surface area contributed by atoms with E-state index < -0.39 is 0 Å². The number of esters is 1. The summed E-state index contributed by atoms with van der Waals surface area (Å²) in [6.45, 7) is 7.20. The molecule has 114 valence electrons. The van der Waals surface area contributed by atoms with Crippen LogP contribution in [0.3, 0.4) is 0 Å². The van der Waals surface area contributed by atoms with E-state index in [0.29, 0.717) is 6.42 Å². The molecular formula is C15H32N2O2. The average Bonchev–Trinajstić information content (AvgIpc) is 2.36. The van der Waals surface area contributed by atoms with Gasteiger partial charge in [-0.15, -0.1) is 0 Å². The van der Waals surface area contributed by atoms with Crippen LogP contribution >= 0.6 is 0 Å². The van der Waals surface area contributed by atoms with Gasteiger partial charge in [-0.3, -0.25) is 4.79 Å². The lowest BCUT2D eigenvalue weighted by atomic mass is 10.1. The van der Waals surface area contributed by atoms with Crippen LogP contribution in [0.5, 0.6) is 0 Å². The Hall–Kier alpha value is -0.610. The molecule has 0 fully saturated rings. The number of rotatable bonds is 12. The summed E-state index contributed by atoms with van der Waals surface area (Å²) in [6, 6.07) is 0. The highest BCUT2D eigenvalue weighted by Gasteiger charge is 2.10. The highest BCUT2D eigenvalue weighted by molar-refractivity contribution is 5.69. The number of hydrogen-bond donors (Lipinski definition) is 1. The molecular weight excluding hydrogens is 240 g/mol. The molecule has 0 spiro atoms. The smallest absolute Gasteiger partial charge is 0.306 e. The maximum Gasteiger partial charge on any atom is 0.306 e. The summed E-state index contributed by atoms with van der Waals surface area (Å²) < 4.78 is 5.43. The van der Waals surface area contributed by atoms with E-state index in [9.17, 15) is 4.79 Å². The van der Waals surface area contributed by atoms with E-state index in [0.717, 1.165) is 51.7 Å². The van der Waals surface area contributed by atoms with Crippen LogP contribution in [-0.2, 0) is 9.53 Å². The second-order valence-electron chi connectivity index (χ2n) is 5.32. The Morgan fingerprint density at radius 2 is 1.89 bits per heavy atom. The van der Waals surface area contributed by atoms with E-state index in [4.69, 9.17) is 4.74 Å². The summed E-state index contributed by atoms with van der Waals surface area (Å²) >= 11 is 0. The number of ether oxygens (including phenoxy) is 1. The fourth-order valence-corrected chi connectivity index (χ4v) is 1.92. The molecule has 0 bridgehead atoms. The van der Waals surface area contributed by atoms with Crippen molar-refractivity contribution in [1.82, 2.24) is 10.2 Å². The van der Waals surface area contributed by atoms with Crippen molar-refractivity contribution in [2.24, 2.45) is 0 Å². The number of carbonyl (C=O) groups excluding carboxylic acids is 1. The first-order valence-electron chi connectivity index (χ1n) is 7.65. The van der Waals surface area contributed by atoms with Crippen LogP contribution in [-0.4, -0.2) is 50.7 Å². The van der Waals surface area contributed by atoms with Gasteiger partial charge in [0.2, 0.25) is 0 Å². The second kappa shape index (κ2) is 12.4. The molecule has 0 saturated carbocycles. The van der Waals surface area contributed by atoms with Crippen molar-refractivity contribution >= 4 is 5.97 Å². The third-order valence-electron chi connectivity index (χ3n) is 3.06. The zero-order chi connectivity index (χ0) is 14.5. The van der Waals surface area contributed by atoms with Gasteiger partial charge in [0, 0.05) is 6.42 Å². The molecule has 0 aromatic rings. The lowest BCUT2D eigenvalue weighted by Crippen LogP contribution is -2.23.